The molecule has 0 spiro atoms. The van der Waals surface area contributed by atoms with Gasteiger partial charge in [0.2, 0.25) is 10.0 Å². The maximum absolute atomic E-state index is 12.0. The molecule has 0 saturated carbocycles. The number of nitrogens with zero attached hydrogens (tertiary/aromatic N) is 3. The zero-order valence-electron chi connectivity index (χ0n) is 12.0. The molecule has 0 aliphatic rings. The number of anilines is 2. The highest BCUT2D eigenvalue weighted by Crippen LogP contribution is 2.27. The first kappa shape index (κ1) is 16.3. The zero-order chi connectivity index (χ0) is 15.3. The Morgan fingerprint density at radius 2 is 2.00 bits per heavy atom. The van der Waals surface area contributed by atoms with Crippen molar-refractivity contribution in [3.05, 3.63) is 18.2 Å². The summed E-state index contributed by atoms with van der Waals surface area (Å²) in [5, 5.41) is 8.65. The second-order valence-electron chi connectivity index (χ2n) is 4.50. The third-order valence-electron chi connectivity index (χ3n) is 2.99. The molecule has 0 aromatic heterocycles. The Morgan fingerprint density at radius 1 is 1.35 bits per heavy atom. The summed E-state index contributed by atoms with van der Waals surface area (Å²) < 4.78 is 25.2. The Labute approximate surface area is 120 Å². The molecule has 6 nitrogen and oxygen atoms in total. The molecule has 0 fully saturated rings. The second-order valence-corrected chi connectivity index (χ2v) is 6.65. The van der Waals surface area contributed by atoms with Crippen molar-refractivity contribution in [3.63, 3.8) is 0 Å². The number of hydrogen-bond acceptors (Lipinski definition) is 5. The first-order chi connectivity index (χ1) is 9.34. The van der Waals surface area contributed by atoms with Crippen molar-refractivity contribution < 1.29 is 8.42 Å². The predicted molar refractivity (Wildman–Crippen MR) is 79.8 cm³/mol. The van der Waals surface area contributed by atoms with Gasteiger partial charge in [0.1, 0.15) is 0 Å². The van der Waals surface area contributed by atoms with E-state index < -0.39 is 10.0 Å². The molecule has 110 valence electrons. The second kappa shape index (κ2) is 6.59. The molecule has 0 saturated heterocycles. The number of sulfonamides is 1. The molecular formula is C13H20N4O2S. The number of nitrogens with two attached hydrogens (primary N) is 1. The summed E-state index contributed by atoms with van der Waals surface area (Å²) in [5.41, 5.74) is 7.11. The molecule has 0 aliphatic heterocycles. The highest BCUT2D eigenvalue weighted by atomic mass is 32.2. The van der Waals surface area contributed by atoms with Crippen LogP contribution in [0.15, 0.2) is 23.1 Å². The van der Waals surface area contributed by atoms with Crippen molar-refractivity contribution in [3.8, 4) is 6.07 Å². The Kier molecular flexibility index (Phi) is 5.36. The van der Waals surface area contributed by atoms with E-state index in [2.05, 4.69) is 6.07 Å². The van der Waals surface area contributed by atoms with Crippen LogP contribution in [0, 0.1) is 11.3 Å². The summed E-state index contributed by atoms with van der Waals surface area (Å²) in [6, 6.07) is 6.77. The van der Waals surface area contributed by atoms with Crippen LogP contribution < -0.4 is 10.6 Å². The van der Waals surface area contributed by atoms with Gasteiger partial charge in [-0.3, -0.25) is 0 Å². The lowest BCUT2D eigenvalue weighted by molar-refractivity contribution is 0.521. The van der Waals surface area contributed by atoms with Gasteiger partial charge >= 0.3 is 0 Å². The highest BCUT2D eigenvalue weighted by Gasteiger charge is 2.19. The number of nitrogen functional groups attached to an aromatic ring is 1. The smallest absolute Gasteiger partial charge is 0.242 e. The van der Waals surface area contributed by atoms with Gasteiger partial charge in [-0.15, -0.1) is 0 Å². The fourth-order valence-electron chi connectivity index (χ4n) is 1.83. The van der Waals surface area contributed by atoms with Crippen LogP contribution >= 0.6 is 0 Å². The number of hydrogen-bond donors (Lipinski definition) is 1. The van der Waals surface area contributed by atoms with Crippen molar-refractivity contribution >= 4 is 21.4 Å². The van der Waals surface area contributed by atoms with Gasteiger partial charge in [-0.25, -0.2) is 12.7 Å². The molecule has 0 amide bonds. The van der Waals surface area contributed by atoms with Crippen LogP contribution in [-0.2, 0) is 10.0 Å². The lowest BCUT2D eigenvalue weighted by Crippen LogP contribution is -2.25. The fourth-order valence-corrected chi connectivity index (χ4v) is 2.76. The minimum absolute atomic E-state index is 0.167. The van der Waals surface area contributed by atoms with Crippen LogP contribution in [-0.4, -0.2) is 39.9 Å². The van der Waals surface area contributed by atoms with Crippen LogP contribution in [0.4, 0.5) is 11.4 Å². The summed E-state index contributed by atoms with van der Waals surface area (Å²) in [7, 11) is -0.529. The van der Waals surface area contributed by atoms with E-state index in [1.54, 1.807) is 6.07 Å². The summed E-state index contributed by atoms with van der Waals surface area (Å²) in [5.74, 6) is 0. The highest BCUT2D eigenvalue weighted by molar-refractivity contribution is 7.89. The van der Waals surface area contributed by atoms with Crippen LogP contribution in [0.3, 0.4) is 0 Å². The van der Waals surface area contributed by atoms with E-state index in [9.17, 15) is 8.42 Å². The number of rotatable bonds is 6. The molecule has 1 rings (SSSR count). The van der Waals surface area contributed by atoms with Gasteiger partial charge in [0, 0.05) is 27.2 Å². The summed E-state index contributed by atoms with van der Waals surface area (Å²) in [6.45, 7) is 3.23. The molecule has 0 radical (unpaired) electrons. The van der Waals surface area contributed by atoms with E-state index in [1.165, 1.54) is 26.2 Å². The maximum Gasteiger partial charge on any atom is 0.242 e. The molecule has 0 atom stereocenters. The molecule has 20 heavy (non-hydrogen) atoms. The van der Waals surface area contributed by atoms with E-state index in [1.807, 2.05) is 11.8 Å². The predicted octanol–water partition coefficient (Wildman–Crippen LogP) is 1.26. The molecule has 1 aromatic rings. The summed E-state index contributed by atoms with van der Waals surface area (Å²) >= 11 is 0. The van der Waals surface area contributed by atoms with E-state index in [4.69, 9.17) is 11.0 Å². The number of benzene rings is 1. The molecule has 0 unspecified atom stereocenters. The Morgan fingerprint density at radius 3 is 2.45 bits per heavy atom. The van der Waals surface area contributed by atoms with E-state index in [0.29, 0.717) is 25.2 Å². The van der Waals surface area contributed by atoms with Crippen molar-refractivity contribution in [1.82, 2.24) is 4.31 Å². The topological polar surface area (TPSA) is 90.4 Å². The minimum Gasteiger partial charge on any atom is -0.397 e. The average Bonchev–Trinajstić information content (AvgIpc) is 2.40. The Hall–Kier alpha value is -1.78. The van der Waals surface area contributed by atoms with Crippen LogP contribution in [0.1, 0.15) is 13.3 Å². The largest absolute Gasteiger partial charge is 0.397 e. The van der Waals surface area contributed by atoms with Crippen LogP contribution in [0.5, 0.6) is 0 Å². The molecule has 0 heterocycles. The van der Waals surface area contributed by atoms with Crippen LogP contribution in [0.25, 0.3) is 0 Å². The van der Waals surface area contributed by atoms with Crippen molar-refractivity contribution in [2.45, 2.75) is 18.2 Å². The molecule has 2 N–H and O–H groups in total. The third-order valence-corrected chi connectivity index (χ3v) is 4.80. The maximum atomic E-state index is 12.0. The molecular weight excluding hydrogens is 276 g/mol. The van der Waals surface area contributed by atoms with Gasteiger partial charge in [0.05, 0.1) is 28.8 Å². The van der Waals surface area contributed by atoms with Gasteiger partial charge < -0.3 is 10.6 Å². The number of nitriles is 1. The first-order valence-corrected chi connectivity index (χ1v) is 7.72. The van der Waals surface area contributed by atoms with Crippen LogP contribution in [0.2, 0.25) is 0 Å². The van der Waals surface area contributed by atoms with Crippen molar-refractivity contribution in [1.29, 1.82) is 5.26 Å². The molecule has 0 aliphatic carbocycles. The monoisotopic (exact) mass is 296 g/mol. The Bertz CT molecular complexity index is 605. The van der Waals surface area contributed by atoms with E-state index in [0.717, 1.165) is 9.99 Å². The third kappa shape index (κ3) is 3.40. The Balaban J connectivity index is 3.14. The van der Waals surface area contributed by atoms with Crippen molar-refractivity contribution in [2.75, 3.05) is 37.8 Å². The quantitative estimate of drug-likeness (QED) is 0.798. The van der Waals surface area contributed by atoms with E-state index in [-0.39, 0.29) is 4.90 Å². The SMILES string of the molecule is CCN(CCC#N)c1ccc(S(=O)(=O)N(C)C)cc1N. The average molecular weight is 296 g/mol. The fraction of sp³-hybridized carbons (Fsp3) is 0.462. The zero-order valence-corrected chi connectivity index (χ0v) is 12.8. The molecule has 7 heteroatoms. The standard InChI is InChI=1S/C13H20N4O2S/c1-4-17(9-5-8-14)13-7-6-11(10-12(13)15)20(18,19)16(2)3/h6-7,10H,4-5,9,15H2,1-3H3. The first-order valence-electron chi connectivity index (χ1n) is 6.28. The lowest BCUT2D eigenvalue weighted by atomic mass is 10.2. The molecule has 1 aromatic carbocycles. The van der Waals surface area contributed by atoms with Gasteiger partial charge in [0.15, 0.2) is 0 Å². The van der Waals surface area contributed by atoms with Gasteiger partial charge in [-0.2, -0.15) is 5.26 Å². The van der Waals surface area contributed by atoms with Gasteiger partial charge in [-0.05, 0) is 25.1 Å². The summed E-state index contributed by atoms with van der Waals surface area (Å²) in [6.07, 6.45) is 0.394. The normalized spacial score (nSPS) is 11.3. The summed E-state index contributed by atoms with van der Waals surface area (Å²) in [4.78, 5) is 2.12. The van der Waals surface area contributed by atoms with E-state index >= 15 is 0 Å². The van der Waals surface area contributed by atoms with Crippen molar-refractivity contribution in [2.24, 2.45) is 0 Å². The lowest BCUT2D eigenvalue weighted by Gasteiger charge is -2.24. The molecule has 0 bridgehead atoms. The van der Waals surface area contributed by atoms with Gasteiger partial charge in [-0.1, -0.05) is 0 Å². The van der Waals surface area contributed by atoms with Gasteiger partial charge in [0.25, 0.3) is 0 Å². The minimum atomic E-state index is -3.48.